The molecule has 0 aliphatic carbocycles. The fourth-order valence-corrected chi connectivity index (χ4v) is 2.08. The van der Waals surface area contributed by atoms with Crippen molar-refractivity contribution in [3.63, 3.8) is 0 Å². The number of H-pyrrole nitrogens is 1. The van der Waals surface area contributed by atoms with Crippen LogP contribution in [0.25, 0.3) is 10.9 Å². The number of aliphatic hydroxyl groups is 1. The number of hydrogen-bond donors (Lipinski definition) is 2. The molecule has 5 nitrogen and oxygen atoms in total. The van der Waals surface area contributed by atoms with E-state index >= 15 is 0 Å². The van der Waals surface area contributed by atoms with Crippen molar-refractivity contribution in [3.8, 4) is 0 Å². The van der Waals surface area contributed by atoms with E-state index in [-0.39, 0.29) is 35.1 Å². The maximum Gasteiger partial charge on any atom is 0.343 e. The second-order valence-corrected chi connectivity index (χ2v) is 4.30. The number of rotatable bonds is 4. The Labute approximate surface area is 118 Å². The Balaban J connectivity index is 2.74. The maximum absolute atomic E-state index is 13.7. The van der Waals surface area contributed by atoms with Gasteiger partial charge in [0.1, 0.15) is 5.56 Å². The van der Waals surface area contributed by atoms with Crippen LogP contribution in [-0.4, -0.2) is 29.3 Å². The second-order valence-electron chi connectivity index (χ2n) is 4.30. The van der Waals surface area contributed by atoms with Crippen LogP contribution in [0.2, 0.25) is 0 Å². The summed E-state index contributed by atoms with van der Waals surface area (Å²) in [6, 6.07) is 0.729. The fraction of sp³-hybridized carbons (Fsp3) is 0.286. The van der Waals surface area contributed by atoms with Gasteiger partial charge in [-0.2, -0.15) is 0 Å². The zero-order valence-corrected chi connectivity index (χ0v) is 11.2. The van der Waals surface area contributed by atoms with Gasteiger partial charge in [0.2, 0.25) is 5.43 Å². The Morgan fingerprint density at radius 1 is 1.43 bits per heavy atom. The van der Waals surface area contributed by atoms with Gasteiger partial charge in [0, 0.05) is 30.2 Å². The van der Waals surface area contributed by atoms with Crippen LogP contribution in [0.5, 0.6) is 0 Å². The summed E-state index contributed by atoms with van der Waals surface area (Å²) in [6.45, 7) is 1.27. The van der Waals surface area contributed by atoms with Gasteiger partial charge in [0.05, 0.1) is 12.1 Å². The van der Waals surface area contributed by atoms with Gasteiger partial charge >= 0.3 is 5.97 Å². The summed E-state index contributed by atoms with van der Waals surface area (Å²) < 4.78 is 32.0. The lowest BCUT2D eigenvalue weighted by Gasteiger charge is -2.09. The standard InChI is InChI=1S/C14H13F2NO4/c1-2-21-14(20)9-6-17-12-7(3-4-18)11(16)10(15)5-8(12)13(9)19/h5-6,18H,2-4H2,1H3,(H,17,19). The van der Waals surface area contributed by atoms with E-state index in [1.165, 1.54) is 0 Å². The van der Waals surface area contributed by atoms with Crippen molar-refractivity contribution in [2.75, 3.05) is 13.2 Å². The van der Waals surface area contributed by atoms with Gasteiger partial charge in [-0.3, -0.25) is 4.79 Å². The monoisotopic (exact) mass is 297 g/mol. The SMILES string of the molecule is CCOC(=O)c1c[nH]c2c(CCO)c(F)c(F)cc2c1=O. The first-order valence-corrected chi connectivity index (χ1v) is 6.31. The van der Waals surface area contributed by atoms with E-state index in [1.807, 2.05) is 0 Å². The maximum atomic E-state index is 13.7. The number of nitrogens with one attached hydrogen (secondary N) is 1. The molecule has 0 unspecified atom stereocenters. The lowest BCUT2D eigenvalue weighted by molar-refractivity contribution is 0.0524. The van der Waals surface area contributed by atoms with Crippen molar-refractivity contribution in [3.05, 3.63) is 45.2 Å². The minimum Gasteiger partial charge on any atom is -0.462 e. The number of esters is 1. The minimum atomic E-state index is -1.21. The summed E-state index contributed by atoms with van der Waals surface area (Å²) in [7, 11) is 0. The number of aliphatic hydroxyl groups excluding tert-OH is 1. The van der Waals surface area contributed by atoms with Gasteiger partial charge < -0.3 is 14.8 Å². The molecule has 2 rings (SSSR count). The number of benzene rings is 1. The van der Waals surface area contributed by atoms with E-state index in [0.717, 1.165) is 12.3 Å². The number of fused-ring (bicyclic) bond motifs is 1. The van der Waals surface area contributed by atoms with E-state index in [0.29, 0.717) is 0 Å². The summed E-state index contributed by atoms with van der Waals surface area (Å²) in [5.74, 6) is -3.18. The average molecular weight is 297 g/mol. The summed E-state index contributed by atoms with van der Waals surface area (Å²) in [5.41, 5.74) is -1.12. The predicted molar refractivity (Wildman–Crippen MR) is 71.2 cm³/mol. The van der Waals surface area contributed by atoms with Crippen LogP contribution in [0.4, 0.5) is 8.78 Å². The van der Waals surface area contributed by atoms with Gasteiger partial charge in [-0.05, 0) is 13.0 Å². The summed E-state index contributed by atoms with van der Waals surface area (Å²) >= 11 is 0. The Hall–Kier alpha value is -2.28. The molecule has 1 aromatic heterocycles. The molecule has 0 saturated carbocycles. The number of aromatic nitrogens is 1. The van der Waals surface area contributed by atoms with Crippen LogP contribution in [-0.2, 0) is 11.2 Å². The molecule has 0 fully saturated rings. The third-order valence-electron chi connectivity index (χ3n) is 3.02. The zero-order chi connectivity index (χ0) is 15.6. The van der Waals surface area contributed by atoms with Crippen LogP contribution in [0.1, 0.15) is 22.8 Å². The molecule has 7 heteroatoms. The van der Waals surface area contributed by atoms with Gasteiger partial charge in [-0.25, -0.2) is 13.6 Å². The molecule has 0 saturated heterocycles. The molecule has 112 valence electrons. The summed E-state index contributed by atoms with van der Waals surface area (Å²) in [5, 5.41) is 8.76. The van der Waals surface area contributed by atoms with E-state index < -0.39 is 29.6 Å². The smallest absolute Gasteiger partial charge is 0.343 e. The first-order chi connectivity index (χ1) is 10.0. The number of carbonyl (C=O) groups is 1. The Morgan fingerprint density at radius 3 is 2.76 bits per heavy atom. The van der Waals surface area contributed by atoms with Gasteiger partial charge in [0.25, 0.3) is 0 Å². The highest BCUT2D eigenvalue weighted by atomic mass is 19.2. The van der Waals surface area contributed by atoms with Crippen LogP contribution in [0.15, 0.2) is 17.1 Å². The molecular weight excluding hydrogens is 284 g/mol. The van der Waals surface area contributed by atoms with Crippen LogP contribution < -0.4 is 5.43 Å². The van der Waals surface area contributed by atoms with E-state index in [4.69, 9.17) is 9.84 Å². The number of hydrogen-bond acceptors (Lipinski definition) is 4. The minimum absolute atomic E-state index is 0.0565. The highest BCUT2D eigenvalue weighted by molar-refractivity contribution is 5.94. The highest BCUT2D eigenvalue weighted by Crippen LogP contribution is 2.21. The molecule has 0 bridgehead atoms. The molecular formula is C14H13F2NO4. The van der Waals surface area contributed by atoms with Crippen molar-refractivity contribution in [2.45, 2.75) is 13.3 Å². The molecule has 1 aromatic carbocycles. The number of aromatic amines is 1. The van der Waals surface area contributed by atoms with Gasteiger partial charge in [-0.1, -0.05) is 0 Å². The Morgan fingerprint density at radius 2 is 2.14 bits per heavy atom. The van der Waals surface area contributed by atoms with Crippen LogP contribution in [0.3, 0.4) is 0 Å². The number of carbonyl (C=O) groups excluding carboxylic acids is 1. The second kappa shape index (κ2) is 6.01. The fourth-order valence-electron chi connectivity index (χ4n) is 2.08. The Kier molecular flexibility index (Phi) is 4.32. The van der Waals surface area contributed by atoms with E-state index in [1.54, 1.807) is 6.92 Å². The number of ether oxygens (including phenoxy) is 1. The largest absolute Gasteiger partial charge is 0.462 e. The van der Waals surface area contributed by atoms with Crippen molar-refractivity contribution >= 4 is 16.9 Å². The lowest BCUT2D eigenvalue weighted by Crippen LogP contribution is -2.19. The quantitative estimate of drug-likeness (QED) is 0.839. The molecule has 0 atom stereocenters. The predicted octanol–water partition coefficient (Wildman–Crippen LogP) is 1.52. The van der Waals surface area contributed by atoms with Crippen LogP contribution >= 0.6 is 0 Å². The number of pyridine rings is 1. The molecule has 21 heavy (non-hydrogen) atoms. The van der Waals surface area contributed by atoms with Crippen molar-refractivity contribution in [1.29, 1.82) is 0 Å². The molecule has 0 radical (unpaired) electrons. The average Bonchev–Trinajstić information content (AvgIpc) is 2.45. The van der Waals surface area contributed by atoms with E-state index in [9.17, 15) is 18.4 Å². The van der Waals surface area contributed by atoms with Crippen molar-refractivity contribution < 1.29 is 23.4 Å². The summed E-state index contributed by atoms with van der Waals surface area (Å²) in [4.78, 5) is 26.4. The Bertz CT molecular complexity index is 755. The molecule has 2 N–H and O–H groups in total. The first kappa shape index (κ1) is 15.1. The lowest BCUT2D eigenvalue weighted by atomic mass is 10.0. The molecule has 1 heterocycles. The zero-order valence-electron chi connectivity index (χ0n) is 11.2. The topological polar surface area (TPSA) is 79.4 Å². The molecule has 0 amide bonds. The number of halogens is 2. The van der Waals surface area contributed by atoms with Crippen molar-refractivity contribution in [1.82, 2.24) is 4.98 Å². The molecule has 0 spiro atoms. The van der Waals surface area contributed by atoms with Gasteiger partial charge in [0.15, 0.2) is 11.6 Å². The summed E-state index contributed by atoms with van der Waals surface area (Å²) in [6.07, 6.45) is 0.940. The normalized spacial score (nSPS) is 10.9. The van der Waals surface area contributed by atoms with Crippen LogP contribution in [0, 0.1) is 11.6 Å². The highest BCUT2D eigenvalue weighted by Gasteiger charge is 2.19. The molecule has 0 aliphatic heterocycles. The third-order valence-corrected chi connectivity index (χ3v) is 3.02. The van der Waals surface area contributed by atoms with Gasteiger partial charge in [-0.15, -0.1) is 0 Å². The van der Waals surface area contributed by atoms with Crippen molar-refractivity contribution in [2.24, 2.45) is 0 Å². The first-order valence-electron chi connectivity index (χ1n) is 6.31. The third kappa shape index (κ3) is 2.64. The molecule has 0 aliphatic rings. The van der Waals surface area contributed by atoms with E-state index in [2.05, 4.69) is 4.98 Å². The molecule has 2 aromatic rings.